The fourth-order valence-corrected chi connectivity index (χ4v) is 7.25. The summed E-state index contributed by atoms with van der Waals surface area (Å²) in [6.07, 6.45) is 4.79. The number of nitrogens with zero attached hydrogens (tertiary/aromatic N) is 3. The van der Waals surface area contributed by atoms with E-state index in [1.54, 1.807) is 21.7 Å². The minimum absolute atomic E-state index is 0.0965. The molecule has 0 radical (unpaired) electrons. The number of aromatic nitrogens is 2. The van der Waals surface area contributed by atoms with Gasteiger partial charge in [-0.25, -0.2) is 13.4 Å². The van der Waals surface area contributed by atoms with Crippen LogP contribution in [0.25, 0.3) is 10.6 Å². The lowest BCUT2D eigenvalue weighted by Gasteiger charge is -2.34. The first-order valence-electron chi connectivity index (χ1n) is 8.62. The van der Waals surface area contributed by atoms with Crippen molar-refractivity contribution >= 4 is 32.7 Å². The van der Waals surface area contributed by atoms with E-state index in [1.165, 1.54) is 11.3 Å². The molecule has 0 N–H and O–H groups in total. The molecule has 0 amide bonds. The lowest BCUT2D eigenvalue weighted by atomic mass is 10.0. The van der Waals surface area contributed by atoms with Crippen LogP contribution in [-0.2, 0) is 17.1 Å². The van der Waals surface area contributed by atoms with Crippen LogP contribution < -0.4 is 0 Å². The van der Waals surface area contributed by atoms with Crippen LogP contribution >= 0.6 is 22.7 Å². The SMILES string of the molecule is Cc1nc(-c2ccc(S(=O)(=O)N3CCCCC3c3cccn3C)s2)cs1. The summed E-state index contributed by atoms with van der Waals surface area (Å²) in [4.78, 5) is 5.38. The Balaban J connectivity index is 1.69. The molecular weight excluding hydrogens is 386 g/mol. The van der Waals surface area contributed by atoms with Gasteiger partial charge in [-0.05, 0) is 44.0 Å². The number of hydrogen-bond acceptors (Lipinski definition) is 5. The molecule has 1 aliphatic rings. The monoisotopic (exact) mass is 407 g/mol. The highest BCUT2D eigenvalue weighted by Gasteiger charge is 2.36. The summed E-state index contributed by atoms with van der Waals surface area (Å²) in [5.74, 6) is 0. The van der Waals surface area contributed by atoms with Crippen LogP contribution in [0.4, 0.5) is 0 Å². The molecule has 5 nitrogen and oxygen atoms in total. The molecular formula is C18H21N3O2S3. The molecule has 3 aromatic heterocycles. The van der Waals surface area contributed by atoms with E-state index < -0.39 is 10.0 Å². The largest absolute Gasteiger partial charge is 0.353 e. The molecule has 1 fully saturated rings. The van der Waals surface area contributed by atoms with Crippen molar-refractivity contribution in [1.29, 1.82) is 0 Å². The molecule has 4 rings (SSSR count). The predicted octanol–water partition coefficient (Wildman–Crippen LogP) is 4.43. The van der Waals surface area contributed by atoms with E-state index in [0.29, 0.717) is 10.8 Å². The van der Waals surface area contributed by atoms with Gasteiger partial charge in [-0.1, -0.05) is 6.42 Å². The highest BCUT2D eigenvalue weighted by Crippen LogP contribution is 2.39. The topological polar surface area (TPSA) is 55.2 Å². The zero-order chi connectivity index (χ0) is 18.3. The summed E-state index contributed by atoms with van der Waals surface area (Å²) in [5, 5.41) is 2.96. The highest BCUT2D eigenvalue weighted by molar-refractivity contribution is 7.91. The minimum Gasteiger partial charge on any atom is -0.353 e. The Kier molecular flexibility index (Phi) is 4.77. The zero-order valence-corrected chi connectivity index (χ0v) is 17.2. The summed E-state index contributed by atoms with van der Waals surface area (Å²) in [7, 11) is -1.55. The summed E-state index contributed by atoms with van der Waals surface area (Å²) in [5.41, 5.74) is 1.91. The van der Waals surface area contributed by atoms with Gasteiger partial charge in [-0.2, -0.15) is 4.31 Å². The van der Waals surface area contributed by atoms with Crippen LogP contribution in [0.1, 0.15) is 36.0 Å². The van der Waals surface area contributed by atoms with Gasteiger partial charge in [0.05, 0.1) is 21.6 Å². The van der Waals surface area contributed by atoms with Crippen LogP contribution in [0.15, 0.2) is 40.1 Å². The number of rotatable bonds is 4. The highest BCUT2D eigenvalue weighted by atomic mass is 32.2. The first kappa shape index (κ1) is 17.9. The van der Waals surface area contributed by atoms with E-state index in [0.717, 1.165) is 40.5 Å². The van der Waals surface area contributed by atoms with Crippen molar-refractivity contribution in [1.82, 2.24) is 13.9 Å². The molecule has 4 heterocycles. The van der Waals surface area contributed by atoms with Crippen molar-refractivity contribution in [2.24, 2.45) is 7.05 Å². The third-order valence-corrected chi connectivity index (χ3v) is 9.05. The Morgan fingerprint density at radius 3 is 2.77 bits per heavy atom. The second-order valence-electron chi connectivity index (χ2n) is 6.54. The predicted molar refractivity (Wildman–Crippen MR) is 106 cm³/mol. The summed E-state index contributed by atoms with van der Waals surface area (Å²) < 4.78 is 30.8. The third kappa shape index (κ3) is 3.15. The molecule has 1 aliphatic heterocycles. The second kappa shape index (κ2) is 6.92. The Bertz CT molecular complexity index is 1020. The molecule has 0 saturated carbocycles. The molecule has 0 aliphatic carbocycles. The average Bonchev–Trinajstić information content (AvgIpc) is 3.35. The van der Waals surface area contributed by atoms with Crippen molar-refractivity contribution in [3.8, 4) is 10.6 Å². The Hall–Kier alpha value is -1.48. The maximum atomic E-state index is 13.4. The smallest absolute Gasteiger partial charge is 0.253 e. The molecule has 3 aromatic rings. The number of thiophene rings is 1. The quantitative estimate of drug-likeness (QED) is 0.643. The van der Waals surface area contributed by atoms with Crippen molar-refractivity contribution in [2.45, 2.75) is 36.4 Å². The van der Waals surface area contributed by atoms with E-state index in [4.69, 9.17) is 0 Å². The van der Waals surface area contributed by atoms with Gasteiger partial charge in [-0.3, -0.25) is 0 Å². The molecule has 26 heavy (non-hydrogen) atoms. The van der Waals surface area contributed by atoms with E-state index in [1.807, 2.05) is 48.3 Å². The molecule has 1 unspecified atom stereocenters. The summed E-state index contributed by atoms with van der Waals surface area (Å²) >= 11 is 2.89. The lowest BCUT2D eigenvalue weighted by molar-refractivity contribution is 0.248. The fourth-order valence-electron chi connectivity index (χ4n) is 3.50. The number of aryl methyl sites for hydroxylation is 2. The van der Waals surface area contributed by atoms with Crippen LogP contribution in [0.2, 0.25) is 0 Å². The van der Waals surface area contributed by atoms with Crippen LogP contribution in [0.5, 0.6) is 0 Å². The summed E-state index contributed by atoms with van der Waals surface area (Å²) in [6, 6.07) is 7.49. The second-order valence-corrected chi connectivity index (χ2v) is 10.8. The number of hydrogen-bond donors (Lipinski definition) is 0. The molecule has 0 bridgehead atoms. The molecule has 8 heteroatoms. The Morgan fingerprint density at radius 1 is 1.23 bits per heavy atom. The average molecular weight is 408 g/mol. The van der Waals surface area contributed by atoms with Gasteiger partial charge in [0.25, 0.3) is 10.0 Å². The minimum atomic E-state index is -3.52. The normalized spacial score (nSPS) is 19.1. The standard InChI is InChI=1S/C18H21N3O2S3/c1-13-19-14(12-24-13)17-8-9-18(25-17)26(22,23)21-11-4-3-6-16(21)15-7-5-10-20(15)2/h5,7-10,12,16H,3-4,6,11H2,1-2H3. The third-order valence-electron chi connectivity index (χ3n) is 4.79. The van der Waals surface area contributed by atoms with E-state index >= 15 is 0 Å². The molecule has 0 aromatic carbocycles. The zero-order valence-electron chi connectivity index (χ0n) is 14.8. The maximum Gasteiger partial charge on any atom is 0.253 e. The molecule has 138 valence electrons. The van der Waals surface area contributed by atoms with Crippen molar-refractivity contribution in [3.05, 3.63) is 46.5 Å². The van der Waals surface area contributed by atoms with Gasteiger partial charge in [0.15, 0.2) is 0 Å². The van der Waals surface area contributed by atoms with Gasteiger partial charge in [-0.15, -0.1) is 22.7 Å². The van der Waals surface area contributed by atoms with Crippen molar-refractivity contribution in [2.75, 3.05) is 6.54 Å². The van der Waals surface area contributed by atoms with Gasteiger partial charge in [0, 0.05) is 30.9 Å². The Morgan fingerprint density at radius 2 is 2.08 bits per heavy atom. The Labute approximate surface area is 162 Å². The molecule has 1 atom stereocenters. The van der Waals surface area contributed by atoms with Gasteiger partial charge < -0.3 is 4.57 Å². The van der Waals surface area contributed by atoms with Gasteiger partial charge in [0.1, 0.15) is 4.21 Å². The van der Waals surface area contributed by atoms with Crippen LogP contribution in [-0.4, -0.2) is 28.8 Å². The van der Waals surface area contributed by atoms with E-state index in [2.05, 4.69) is 4.98 Å². The molecule has 0 spiro atoms. The van der Waals surface area contributed by atoms with Gasteiger partial charge in [0.2, 0.25) is 0 Å². The van der Waals surface area contributed by atoms with Gasteiger partial charge >= 0.3 is 0 Å². The lowest BCUT2D eigenvalue weighted by Crippen LogP contribution is -2.38. The number of sulfonamides is 1. The van der Waals surface area contributed by atoms with E-state index in [-0.39, 0.29) is 6.04 Å². The van der Waals surface area contributed by atoms with E-state index in [9.17, 15) is 8.42 Å². The van der Waals surface area contributed by atoms with Crippen LogP contribution in [0, 0.1) is 6.92 Å². The van der Waals surface area contributed by atoms with Crippen molar-refractivity contribution < 1.29 is 8.42 Å². The molecule has 1 saturated heterocycles. The first-order valence-corrected chi connectivity index (χ1v) is 11.8. The number of thiazole rings is 1. The maximum absolute atomic E-state index is 13.4. The van der Waals surface area contributed by atoms with Crippen molar-refractivity contribution in [3.63, 3.8) is 0 Å². The first-order chi connectivity index (χ1) is 12.5. The summed E-state index contributed by atoms with van der Waals surface area (Å²) in [6.45, 7) is 2.53. The van der Waals surface area contributed by atoms with Crippen LogP contribution in [0.3, 0.4) is 0 Å². The number of piperidine rings is 1. The fraction of sp³-hybridized carbons (Fsp3) is 0.389.